The summed E-state index contributed by atoms with van der Waals surface area (Å²) in [6.45, 7) is 5.30. The van der Waals surface area contributed by atoms with Gasteiger partial charge in [0.05, 0.1) is 6.54 Å². The zero-order valence-electron chi connectivity index (χ0n) is 8.94. The van der Waals surface area contributed by atoms with Crippen molar-refractivity contribution < 1.29 is 4.79 Å². The summed E-state index contributed by atoms with van der Waals surface area (Å²) in [7, 11) is 0. The van der Waals surface area contributed by atoms with Crippen LogP contribution in [0.1, 0.15) is 26.2 Å². The smallest absolute Gasteiger partial charge is 0.233 e. The number of amides is 1. The number of hydrogen-bond donors (Lipinski definition) is 3. The molecule has 1 aliphatic rings. The average Bonchev–Trinajstić information content (AvgIpc) is 2.67. The molecule has 0 saturated carbocycles. The second-order valence-electron chi connectivity index (χ2n) is 3.77. The van der Waals surface area contributed by atoms with E-state index in [0.29, 0.717) is 12.6 Å². The summed E-state index contributed by atoms with van der Waals surface area (Å²) < 4.78 is 0. The van der Waals surface area contributed by atoms with Crippen LogP contribution in [0, 0.1) is 0 Å². The van der Waals surface area contributed by atoms with E-state index in [4.69, 9.17) is 0 Å². The van der Waals surface area contributed by atoms with E-state index in [1.165, 1.54) is 12.8 Å². The number of hydrogen-bond acceptors (Lipinski definition) is 3. The molecule has 0 aromatic rings. The summed E-state index contributed by atoms with van der Waals surface area (Å²) in [6, 6.07) is 0.564. The third-order valence-corrected chi connectivity index (χ3v) is 2.41. The van der Waals surface area contributed by atoms with Gasteiger partial charge in [-0.3, -0.25) is 4.79 Å². The van der Waals surface area contributed by atoms with Crippen LogP contribution >= 0.6 is 0 Å². The van der Waals surface area contributed by atoms with Crippen LogP contribution in [-0.4, -0.2) is 38.1 Å². The zero-order chi connectivity index (χ0) is 10.2. The van der Waals surface area contributed by atoms with Crippen LogP contribution < -0.4 is 16.0 Å². The van der Waals surface area contributed by atoms with Gasteiger partial charge in [0.2, 0.25) is 5.91 Å². The van der Waals surface area contributed by atoms with Crippen LogP contribution in [-0.2, 0) is 4.79 Å². The van der Waals surface area contributed by atoms with Crippen LogP contribution in [0.15, 0.2) is 0 Å². The number of carbonyl (C=O) groups excluding carboxylic acids is 1. The van der Waals surface area contributed by atoms with Gasteiger partial charge in [0.25, 0.3) is 0 Å². The molecule has 0 aliphatic carbocycles. The maximum absolute atomic E-state index is 11.2. The molecular formula is C10H21N3O. The second-order valence-corrected chi connectivity index (χ2v) is 3.77. The maximum atomic E-state index is 11.2. The molecule has 0 radical (unpaired) electrons. The van der Waals surface area contributed by atoms with Gasteiger partial charge < -0.3 is 16.0 Å². The molecule has 3 N–H and O–H groups in total. The summed E-state index contributed by atoms with van der Waals surface area (Å²) in [5, 5.41) is 9.38. The molecule has 1 aliphatic heterocycles. The van der Waals surface area contributed by atoms with E-state index < -0.39 is 0 Å². The molecule has 0 aromatic heterocycles. The normalized spacial score (nSPS) is 21.1. The van der Waals surface area contributed by atoms with E-state index in [-0.39, 0.29) is 5.91 Å². The van der Waals surface area contributed by atoms with Crippen LogP contribution in [0.25, 0.3) is 0 Å². The van der Waals surface area contributed by atoms with E-state index in [0.717, 1.165) is 26.1 Å². The van der Waals surface area contributed by atoms with Crippen molar-refractivity contribution in [1.29, 1.82) is 0 Å². The summed E-state index contributed by atoms with van der Waals surface area (Å²) in [6.07, 6.45) is 3.48. The molecule has 0 spiro atoms. The van der Waals surface area contributed by atoms with Crippen molar-refractivity contribution in [3.63, 3.8) is 0 Å². The molecule has 1 rings (SSSR count). The molecule has 14 heavy (non-hydrogen) atoms. The van der Waals surface area contributed by atoms with E-state index >= 15 is 0 Å². The zero-order valence-corrected chi connectivity index (χ0v) is 8.94. The molecule has 0 bridgehead atoms. The molecule has 1 atom stereocenters. The predicted molar refractivity (Wildman–Crippen MR) is 57.2 cm³/mol. The third kappa shape index (κ3) is 4.58. The van der Waals surface area contributed by atoms with Gasteiger partial charge in [-0.1, -0.05) is 6.92 Å². The molecule has 1 saturated heterocycles. The first kappa shape index (κ1) is 11.5. The fraction of sp³-hybridized carbons (Fsp3) is 0.900. The Morgan fingerprint density at radius 3 is 3.07 bits per heavy atom. The van der Waals surface area contributed by atoms with Crippen molar-refractivity contribution in [3.05, 3.63) is 0 Å². The molecular weight excluding hydrogens is 178 g/mol. The van der Waals surface area contributed by atoms with Gasteiger partial charge in [-0.25, -0.2) is 0 Å². The minimum atomic E-state index is 0.102. The first-order valence-electron chi connectivity index (χ1n) is 5.53. The van der Waals surface area contributed by atoms with Crippen LogP contribution in [0.4, 0.5) is 0 Å². The topological polar surface area (TPSA) is 53.2 Å². The lowest BCUT2D eigenvalue weighted by molar-refractivity contribution is -0.120. The van der Waals surface area contributed by atoms with Crippen molar-refractivity contribution in [2.24, 2.45) is 0 Å². The van der Waals surface area contributed by atoms with Crippen molar-refractivity contribution in [1.82, 2.24) is 16.0 Å². The van der Waals surface area contributed by atoms with E-state index in [2.05, 4.69) is 22.9 Å². The molecule has 4 heteroatoms. The van der Waals surface area contributed by atoms with Gasteiger partial charge in [-0.15, -0.1) is 0 Å². The van der Waals surface area contributed by atoms with Crippen LogP contribution in [0.3, 0.4) is 0 Å². The average molecular weight is 199 g/mol. The highest BCUT2D eigenvalue weighted by Crippen LogP contribution is 2.02. The Hall–Kier alpha value is -0.610. The standard InChI is InChI=1S/C10H21N3O/c1-2-5-13-10(14)8-11-7-9-4-3-6-12-9/h9,11-12H,2-8H2,1H3,(H,13,14). The largest absolute Gasteiger partial charge is 0.355 e. The van der Waals surface area contributed by atoms with E-state index in [1.807, 2.05) is 0 Å². The van der Waals surface area contributed by atoms with Gasteiger partial charge in [-0.2, -0.15) is 0 Å². The Morgan fingerprint density at radius 2 is 2.43 bits per heavy atom. The lowest BCUT2D eigenvalue weighted by Gasteiger charge is -2.11. The molecule has 4 nitrogen and oxygen atoms in total. The molecule has 1 amide bonds. The van der Waals surface area contributed by atoms with Gasteiger partial charge in [-0.05, 0) is 25.8 Å². The fourth-order valence-corrected chi connectivity index (χ4v) is 1.62. The van der Waals surface area contributed by atoms with Gasteiger partial charge in [0.15, 0.2) is 0 Å². The van der Waals surface area contributed by atoms with Crippen molar-refractivity contribution >= 4 is 5.91 Å². The molecule has 0 aromatic carbocycles. The highest BCUT2D eigenvalue weighted by molar-refractivity contribution is 5.77. The lowest BCUT2D eigenvalue weighted by Crippen LogP contribution is -2.40. The number of rotatable bonds is 6. The Balaban J connectivity index is 1.94. The Morgan fingerprint density at radius 1 is 1.57 bits per heavy atom. The number of carbonyl (C=O) groups is 1. The van der Waals surface area contributed by atoms with Gasteiger partial charge in [0.1, 0.15) is 0 Å². The summed E-state index contributed by atoms with van der Waals surface area (Å²) >= 11 is 0. The monoisotopic (exact) mass is 199 g/mol. The Bertz CT molecular complexity index is 167. The summed E-state index contributed by atoms with van der Waals surface area (Å²) in [5.41, 5.74) is 0. The molecule has 1 unspecified atom stereocenters. The summed E-state index contributed by atoms with van der Waals surface area (Å²) in [5.74, 6) is 0.102. The lowest BCUT2D eigenvalue weighted by atomic mass is 10.2. The van der Waals surface area contributed by atoms with Crippen molar-refractivity contribution in [3.8, 4) is 0 Å². The molecule has 82 valence electrons. The van der Waals surface area contributed by atoms with Gasteiger partial charge >= 0.3 is 0 Å². The van der Waals surface area contributed by atoms with Crippen molar-refractivity contribution in [2.75, 3.05) is 26.2 Å². The highest BCUT2D eigenvalue weighted by Gasteiger charge is 2.13. The quantitative estimate of drug-likeness (QED) is 0.558. The fourth-order valence-electron chi connectivity index (χ4n) is 1.62. The van der Waals surface area contributed by atoms with Crippen molar-refractivity contribution in [2.45, 2.75) is 32.2 Å². The minimum Gasteiger partial charge on any atom is -0.355 e. The molecule has 1 heterocycles. The first-order valence-corrected chi connectivity index (χ1v) is 5.53. The maximum Gasteiger partial charge on any atom is 0.233 e. The van der Waals surface area contributed by atoms with Crippen LogP contribution in [0.2, 0.25) is 0 Å². The second kappa shape index (κ2) is 6.79. The predicted octanol–water partition coefficient (Wildman–Crippen LogP) is -0.146. The minimum absolute atomic E-state index is 0.102. The Labute approximate surface area is 85.8 Å². The first-order chi connectivity index (χ1) is 6.83. The number of nitrogens with one attached hydrogen (secondary N) is 3. The highest BCUT2D eigenvalue weighted by atomic mass is 16.1. The Kier molecular flexibility index (Phi) is 5.56. The third-order valence-electron chi connectivity index (χ3n) is 2.41. The summed E-state index contributed by atoms with van der Waals surface area (Å²) in [4.78, 5) is 11.2. The van der Waals surface area contributed by atoms with Crippen LogP contribution in [0.5, 0.6) is 0 Å². The van der Waals surface area contributed by atoms with E-state index in [9.17, 15) is 4.79 Å². The molecule has 1 fully saturated rings. The van der Waals surface area contributed by atoms with E-state index in [1.54, 1.807) is 0 Å². The SMILES string of the molecule is CCCNC(=O)CNCC1CCCN1. The van der Waals surface area contributed by atoms with Gasteiger partial charge in [0, 0.05) is 19.1 Å².